The lowest BCUT2D eigenvalue weighted by atomic mass is 9.88. The maximum atomic E-state index is 6.93. The van der Waals surface area contributed by atoms with Crippen LogP contribution in [0.15, 0.2) is 87.7 Å². The van der Waals surface area contributed by atoms with Crippen LogP contribution in [0.3, 0.4) is 0 Å². The molecule has 0 aliphatic rings. The first kappa shape index (κ1) is 41.6. The Morgan fingerprint density at radius 1 is 0.596 bits per heavy atom. The molecule has 0 aliphatic carbocycles. The zero-order chi connectivity index (χ0) is 38.2. The van der Waals surface area contributed by atoms with Gasteiger partial charge in [0.05, 0.1) is 28.4 Å². The van der Waals surface area contributed by atoms with Crippen molar-refractivity contribution in [1.82, 2.24) is 0 Å². The molecule has 0 aromatic heterocycles. The van der Waals surface area contributed by atoms with Crippen molar-refractivity contribution in [1.29, 1.82) is 0 Å². The predicted molar refractivity (Wildman–Crippen MR) is 241 cm³/mol. The minimum atomic E-state index is -0.170. The molecule has 5 aromatic rings. The largest absolute Gasteiger partial charge is 0.458 e. The van der Waals surface area contributed by atoms with Crippen LogP contribution < -0.4 is 19.9 Å². The number of allylic oxidation sites excluding steroid dienone is 1. The Balaban J connectivity index is 1.43. The van der Waals surface area contributed by atoms with E-state index in [2.05, 4.69) is 172 Å². The van der Waals surface area contributed by atoms with Gasteiger partial charge in [-0.25, -0.2) is 0 Å². The number of nitrogens with two attached hydrogens (primary N) is 1. The second-order valence-electron chi connectivity index (χ2n) is 12.5. The third-order valence-electron chi connectivity index (χ3n) is 9.53. The molecular weight excluding hydrogens is 1110 g/mol. The number of anilines is 1. The molecule has 2 N–H and O–H groups in total. The van der Waals surface area contributed by atoms with Crippen LogP contribution in [0.1, 0.15) is 44.5 Å². The number of hydrogen-bond donors (Lipinski definition) is 1. The molecule has 52 heavy (non-hydrogen) atoms. The minimum Gasteiger partial charge on any atom is -0.458 e. The average Bonchev–Trinajstić information content (AvgIpc) is 3.14. The molecular formula is C41H36Br7NO3. The van der Waals surface area contributed by atoms with E-state index in [4.69, 9.17) is 19.9 Å². The van der Waals surface area contributed by atoms with Crippen molar-refractivity contribution in [2.24, 2.45) is 0 Å². The van der Waals surface area contributed by atoms with E-state index < -0.39 is 0 Å². The summed E-state index contributed by atoms with van der Waals surface area (Å²) in [4.78, 5) is 1.62. The lowest BCUT2D eigenvalue weighted by Gasteiger charge is -2.25. The molecule has 272 valence electrons. The topological polar surface area (TPSA) is 53.7 Å². The number of para-hydroxylation sites is 1. The molecule has 0 fully saturated rings. The highest BCUT2D eigenvalue weighted by Crippen LogP contribution is 2.50. The van der Waals surface area contributed by atoms with Crippen LogP contribution in [-0.2, 0) is 6.42 Å². The van der Waals surface area contributed by atoms with Gasteiger partial charge >= 0.3 is 0 Å². The SMILES string of the molecule is Cc1c(C)c(Oc2c(C)c(C)c(-c3ccc(Oc4ccccc4)cc3)c(C)c2C)c(N)c(C)c1CC(Br)C(=CBr)Oc1c(Br)c(Br)c(Br)c(Br)c1Br. The van der Waals surface area contributed by atoms with Gasteiger partial charge in [-0.05, 0) is 214 Å². The van der Waals surface area contributed by atoms with Crippen LogP contribution in [-0.4, -0.2) is 4.83 Å². The van der Waals surface area contributed by atoms with Crippen LogP contribution in [0.25, 0.3) is 11.1 Å². The monoisotopic (exact) mass is 1140 g/mol. The molecule has 0 aliphatic heterocycles. The van der Waals surface area contributed by atoms with Crippen LogP contribution in [0.2, 0.25) is 0 Å². The van der Waals surface area contributed by atoms with Crippen molar-refractivity contribution in [2.45, 2.75) is 59.7 Å². The van der Waals surface area contributed by atoms with Gasteiger partial charge in [0.25, 0.3) is 0 Å². The molecule has 5 rings (SSSR count). The minimum absolute atomic E-state index is 0.170. The van der Waals surface area contributed by atoms with Gasteiger partial charge in [0.15, 0.2) is 11.5 Å². The van der Waals surface area contributed by atoms with Crippen molar-refractivity contribution in [3.05, 3.63) is 132 Å². The molecule has 4 nitrogen and oxygen atoms in total. The summed E-state index contributed by atoms with van der Waals surface area (Å²) in [5.41, 5.74) is 18.6. The first-order valence-corrected chi connectivity index (χ1v) is 22.0. The molecule has 0 radical (unpaired) electrons. The smallest absolute Gasteiger partial charge is 0.157 e. The molecule has 0 amide bonds. The van der Waals surface area contributed by atoms with Gasteiger partial charge in [-0.3, -0.25) is 0 Å². The second-order valence-corrected chi connectivity index (χ2v) is 18.1. The summed E-state index contributed by atoms with van der Waals surface area (Å²) in [6.45, 7) is 14.8. The molecule has 0 spiro atoms. The molecule has 1 unspecified atom stereocenters. The van der Waals surface area contributed by atoms with Crippen molar-refractivity contribution in [3.63, 3.8) is 0 Å². The maximum Gasteiger partial charge on any atom is 0.157 e. The molecule has 5 aromatic carbocycles. The highest BCUT2D eigenvalue weighted by Gasteiger charge is 2.26. The van der Waals surface area contributed by atoms with E-state index >= 15 is 0 Å². The fourth-order valence-electron chi connectivity index (χ4n) is 6.16. The molecule has 1 atom stereocenters. The van der Waals surface area contributed by atoms with E-state index in [1.807, 2.05) is 42.5 Å². The Hall–Kier alpha value is -1.60. The second kappa shape index (κ2) is 17.5. The average molecular weight is 1150 g/mol. The van der Waals surface area contributed by atoms with Gasteiger partial charge in [-0.15, -0.1) is 0 Å². The number of hydrogen-bond acceptors (Lipinski definition) is 4. The van der Waals surface area contributed by atoms with Gasteiger partial charge in [-0.2, -0.15) is 0 Å². The Morgan fingerprint density at radius 2 is 1.10 bits per heavy atom. The van der Waals surface area contributed by atoms with Crippen LogP contribution >= 0.6 is 112 Å². The van der Waals surface area contributed by atoms with Gasteiger partial charge < -0.3 is 19.9 Å². The van der Waals surface area contributed by atoms with Gasteiger partial charge in [0, 0.05) is 9.46 Å². The van der Waals surface area contributed by atoms with Crippen LogP contribution in [0.4, 0.5) is 5.69 Å². The van der Waals surface area contributed by atoms with E-state index in [9.17, 15) is 0 Å². The van der Waals surface area contributed by atoms with Gasteiger partial charge in [0.2, 0.25) is 0 Å². The van der Waals surface area contributed by atoms with E-state index in [0.29, 0.717) is 29.4 Å². The summed E-state index contributed by atoms with van der Waals surface area (Å²) < 4.78 is 23.4. The van der Waals surface area contributed by atoms with Crippen molar-refractivity contribution in [3.8, 4) is 39.9 Å². The third kappa shape index (κ3) is 8.31. The van der Waals surface area contributed by atoms with E-state index in [0.717, 1.165) is 89.7 Å². The highest BCUT2D eigenvalue weighted by atomic mass is 79.9. The van der Waals surface area contributed by atoms with Crippen LogP contribution in [0.5, 0.6) is 28.7 Å². The lowest BCUT2D eigenvalue weighted by molar-refractivity contribution is 0.405. The zero-order valence-corrected chi connectivity index (χ0v) is 40.6. The van der Waals surface area contributed by atoms with Gasteiger partial charge in [-0.1, -0.05) is 62.2 Å². The molecule has 0 saturated heterocycles. The number of alkyl halides is 1. The number of ether oxygens (including phenoxy) is 3. The summed E-state index contributed by atoms with van der Waals surface area (Å²) in [5, 5.41) is 0. The lowest BCUT2D eigenvalue weighted by Crippen LogP contribution is -2.15. The number of nitrogen functional groups attached to an aromatic ring is 1. The normalized spacial score (nSPS) is 12.2. The summed E-state index contributed by atoms with van der Waals surface area (Å²) in [5.74, 6) is 4.45. The Kier molecular flexibility index (Phi) is 14.0. The standard InChI is InChI=1S/C41H36Br7NO3/c1-19-22(4)40(38(49)25(7)29(19)17-30(43)31(18-42)51-41-36(47)34(45)33(44)35(46)37(41)48)52-39-23(5)20(2)32(21(3)24(39)6)26-13-15-28(16-14-26)50-27-11-9-8-10-12-27/h8-16,18,30H,17,49H2,1-7H3. The first-order valence-electron chi connectivity index (χ1n) is 16.2. The zero-order valence-electron chi connectivity index (χ0n) is 29.5. The van der Waals surface area contributed by atoms with Gasteiger partial charge in [0.1, 0.15) is 23.0 Å². The Bertz CT molecular complexity index is 2110. The highest BCUT2D eigenvalue weighted by molar-refractivity contribution is 9.15. The Labute approximate surface area is 365 Å². The van der Waals surface area contributed by atoms with Crippen molar-refractivity contribution < 1.29 is 14.2 Å². The molecule has 0 saturated carbocycles. The van der Waals surface area contributed by atoms with E-state index in [1.54, 1.807) is 4.99 Å². The predicted octanol–water partition coefficient (Wildman–Crippen LogP) is 16.1. The number of benzene rings is 5. The molecule has 11 heteroatoms. The summed E-state index contributed by atoms with van der Waals surface area (Å²) in [7, 11) is 0. The maximum absolute atomic E-state index is 6.93. The number of halogens is 7. The fraction of sp³-hybridized carbons (Fsp3) is 0.220. The van der Waals surface area contributed by atoms with E-state index in [1.165, 1.54) is 5.56 Å². The summed E-state index contributed by atoms with van der Waals surface area (Å²) in [6.07, 6.45) is 0.634. The fourth-order valence-corrected chi connectivity index (χ4v) is 10.6. The quantitative estimate of drug-likeness (QED) is 0.0498. The summed E-state index contributed by atoms with van der Waals surface area (Å²) in [6, 6.07) is 18.1. The third-order valence-corrected chi connectivity index (χ3v) is 16.8. The molecule has 0 bridgehead atoms. The van der Waals surface area contributed by atoms with Crippen molar-refractivity contribution in [2.75, 3.05) is 5.73 Å². The first-order chi connectivity index (χ1) is 24.6. The Morgan fingerprint density at radius 3 is 1.63 bits per heavy atom. The number of rotatable bonds is 10. The molecule has 0 heterocycles. The van der Waals surface area contributed by atoms with E-state index in [-0.39, 0.29) is 4.83 Å². The van der Waals surface area contributed by atoms with Crippen LogP contribution in [0, 0.1) is 48.5 Å². The summed E-state index contributed by atoms with van der Waals surface area (Å²) >= 11 is 25.6. The van der Waals surface area contributed by atoms with Crippen molar-refractivity contribution >= 4 is 117 Å².